The normalized spacial score (nSPS) is 25.5. The van der Waals surface area contributed by atoms with Crippen LogP contribution in [0, 0.1) is 23.7 Å². The summed E-state index contributed by atoms with van der Waals surface area (Å²) >= 11 is 0. The molecule has 0 bridgehead atoms. The molecule has 5 heteroatoms. The standard InChI is InChI=1S/C18H26FN3O/c1-13(2)10-21-7-4-15-11-22(12-16(15)5-8-21)18(23)14-3-6-20-17(19)9-14/h3,6,9,13,15-16H,4-5,7-8,10-12H2,1-2H3/t15-,16+. The van der Waals surface area contributed by atoms with Crippen molar-refractivity contribution in [3.05, 3.63) is 29.8 Å². The number of halogens is 1. The predicted octanol–water partition coefficient (Wildman–Crippen LogP) is 2.66. The number of fused-ring (bicyclic) bond motifs is 1. The first-order chi connectivity index (χ1) is 11.0. The largest absolute Gasteiger partial charge is 0.338 e. The molecule has 2 aliphatic heterocycles. The molecule has 0 unspecified atom stereocenters. The maximum Gasteiger partial charge on any atom is 0.254 e. The summed E-state index contributed by atoms with van der Waals surface area (Å²) < 4.78 is 13.2. The third-order valence-electron chi connectivity index (χ3n) is 5.09. The van der Waals surface area contributed by atoms with E-state index in [0.29, 0.717) is 23.3 Å². The molecule has 1 amide bonds. The molecule has 3 heterocycles. The van der Waals surface area contributed by atoms with Crippen molar-refractivity contribution in [2.45, 2.75) is 26.7 Å². The number of pyridine rings is 1. The Morgan fingerprint density at radius 3 is 2.52 bits per heavy atom. The van der Waals surface area contributed by atoms with Crippen LogP contribution in [0.3, 0.4) is 0 Å². The molecule has 0 aliphatic carbocycles. The first-order valence-electron chi connectivity index (χ1n) is 8.66. The molecule has 0 radical (unpaired) electrons. The molecule has 2 atom stereocenters. The van der Waals surface area contributed by atoms with E-state index >= 15 is 0 Å². The van der Waals surface area contributed by atoms with Gasteiger partial charge in [-0.3, -0.25) is 4.79 Å². The number of hydrogen-bond donors (Lipinski definition) is 0. The van der Waals surface area contributed by atoms with E-state index in [1.54, 1.807) is 6.07 Å². The Morgan fingerprint density at radius 1 is 1.30 bits per heavy atom. The molecule has 1 aromatic heterocycles. The third-order valence-corrected chi connectivity index (χ3v) is 5.09. The second-order valence-corrected chi connectivity index (χ2v) is 7.37. The fraction of sp³-hybridized carbons (Fsp3) is 0.667. The molecule has 3 rings (SSSR count). The van der Waals surface area contributed by atoms with Crippen molar-refractivity contribution in [1.82, 2.24) is 14.8 Å². The van der Waals surface area contributed by atoms with Gasteiger partial charge in [0.2, 0.25) is 5.95 Å². The highest BCUT2D eigenvalue weighted by atomic mass is 19.1. The van der Waals surface area contributed by atoms with Crippen molar-refractivity contribution < 1.29 is 9.18 Å². The first kappa shape index (κ1) is 16.4. The molecule has 23 heavy (non-hydrogen) atoms. The second-order valence-electron chi connectivity index (χ2n) is 7.37. The minimum absolute atomic E-state index is 0.0570. The average molecular weight is 319 g/mol. The van der Waals surface area contributed by atoms with E-state index in [9.17, 15) is 9.18 Å². The van der Waals surface area contributed by atoms with Crippen LogP contribution in [0.4, 0.5) is 4.39 Å². The summed E-state index contributed by atoms with van der Waals surface area (Å²) in [6.07, 6.45) is 3.68. The Bertz CT molecular complexity index is 547. The summed E-state index contributed by atoms with van der Waals surface area (Å²) in [7, 11) is 0. The Morgan fingerprint density at radius 2 is 1.96 bits per heavy atom. The predicted molar refractivity (Wildman–Crippen MR) is 87.6 cm³/mol. The lowest BCUT2D eigenvalue weighted by Gasteiger charge is -2.23. The Balaban J connectivity index is 1.60. The Labute approximate surface area is 137 Å². The van der Waals surface area contributed by atoms with Crippen molar-refractivity contribution >= 4 is 5.91 Å². The summed E-state index contributed by atoms with van der Waals surface area (Å²) in [5.74, 6) is 1.23. The Hall–Kier alpha value is -1.49. The molecule has 2 aliphatic rings. The maximum atomic E-state index is 13.2. The first-order valence-corrected chi connectivity index (χ1v) is 8.66. The van der Waals surface area contributed by atoms with Crippen molar-refractivity contribution in [2.24, 2.45) is 17.8 Å². The summed E-state index contributed by atoms with van der Waals surface area (Å²) in [4.78, 5) is 20.5. The van der Waals surface area contributed by atoms with Crippen LogP contribution in [0.1, 0.15) is 37.0 Å². The summed E-state index contributed by atoms with van der Waals surface area (Å²) in [5.41, 5.74) is 0.412. The second kappa shape index (κ2) is 6.95. The quantitative estimate of drug-likeness (QED) is 0.804. The van der Waals surface area contributed by atoms with Crippen LogP contribution in [0.5, 0.6) is 0 Å². The Kier molecular flexibility index (Phi) is 4.95. The van der Waals surface area contributed by atoms with Crippen LogP contribution in [0.15, 0.2) is 18.3 Å². The molecule has 0 saturated carbocycles. The third kappa shape index (κ3) is 3.89. The number of rotatable bonds is 3. The lowest BCUT2D eigenvalue weighted by Crippen LogP contribution is -2.32. The lowest BCUT2D eigenvalue weighted by atomic mass is 9.92. The topological polar surface area (TPSA) is 36.4 Å². The van der Waals surface area contributed by atoms with Gasteiger partial charge in [-0.2, -0.15) is 4.39 Å². The molecule has 0 N–H and O–H groups in total. The monoisotopic (exact) mass is 319 g/mol. The zero-order valence-corrected chi connectivity index (χ0v) is 14.0. The minimum Gasteiger partial charge on any atom is -0.338 e. The van der Waals surface area contributed by atoms with Crippen LogP contribution in [-0.2, 0) is 0 Å². The van der Waals surface area contributed by atoms with E-state index in [1.165, 1.54) is 18.8 Å². The van der Waals surface area contributed by atoms with Crippen molar-refractivity contribution in [3.63, 3.8) is 0 Å². The fourth-order valence-electron chi connectivity index (χ4n) is 3.98. The number of amides is 1. The molecule has 0 aromatic carbocycles. The van der Waals surface area contributed by atoms with Gasteiger partial charge in [0, 0.05) is 37.5 Å². The molecule has 4 nitrogen and oxygen atoms in total. The van der Waals surface area contributed by atoms with Gasteiger partial charge < -0.3 is 9.80 Å². The summed E-state index contributed by atoms with van der Waals surface area (Å²) in [5, 5.41) is 0. The number of nitrogens with zero attached hydrogens (tertiary/aromatic N) is 3. The minimum atomic E-state index is -0.589. The van der Waals surface area contributed by atoms with Crippen LogP contribution >= 0.6 is 0 Å². The highest BCUT2D eigenvalue weighted by Gasteiger charge is 2.37. The van der Waals surface area contributed by atoms with Crippen molar-refractivity contribution in [2.75, 3.05) is 32.7 Å². The van der Waals surface area contributed by atoms with Crippen LogP contribution in [0.2, 0.25) is 0 Å². The molecular weight excluding hydrogens is 293 g/mol. The van der Waals surface area contributed by atoms with Crippen molar-refractivity contribution in [3.8, 4) is 0 Å². The van der Waals surface area contributed by atoms with Gasteiger partial charge >= 0.3 is 0 Å². The summed E-state index contributed by atoms with van der Waals surface area (Å²) in [6, 6.07) is 2.84. The zero-order chi connectivity index (χ0) is 16.4. The highest BCUT2D eigenvalue weighted by molar-refractivity contribution is 5.94. The van der Waals surface area contributed by atoms with Gasteiger partial charge in [-0.1, -0.05) is 13.8 Å². The fourth-order valence-corrected chi connectivity index (χ4v) is 3.98. The van der Waals surface area contributed by atoms with E-state index in [-0.39, 0.29) is 5.91 Å². The highest BCUT2D eigenvalue weighted by Crippen LogP contribution is 2.32. The van der Waals surface area contributed by atoms with Gasteiger partial charge in [-0.05, 0) is 49.8 Å². The summed E-state index contributed by atoms with van der Waals surface area (Å²) in [6.45, 7) is 9.57. The molecule has 126 valence electrons. The SMILES string of the molecule is CC(C)CN1CC[C@@H]2CN(C(=O)c3ccnc(F)c3)C[C@@H]2CC1. The van der Waals surface area contributed by atoms with Gasteiger partial charge in [0.25, 0.3) is 5.91 Å². The number of hydrogen-bond acceptors (Lipinski definition) is 3. The lowest BCUT2D eigenvalue weighted by molar-refractivity contribution is 0.0779. The zero-order valence-electron chi connectivity index (χ0n) is 14.0. The smallest absolute Gasteiger partial charge is 0.254 e. The van der Waals surface area contributed by atoms with E-state index in [0.717, 1.165) is 39.0 Å². The average Bonchev–Trinajstić information content (AvgIpc) is 2.83. The number of carbonyl (C=O) groups excluding carboxylic acids is 1. The van der Waals surface area contributed by atoms with Gasteiger partial charge in [0.1, 0.15) is 0 Å². The van der Waals surface area contributed by atoms with Gasteiger partial charge in [0.15, 0.2) is 0 Å². The van der Waals surface area contributed by atoms with Gasteiger partial charge in [0.05, 0.1) is 0 Å². The van der Waals surface area contributed by atoms with Crippen LogP contribution in [0.25, 0.3) is 0 Å². The maximum absolute atomic E-state index is 13.2. The van der Waals surface area contributed by atoms with Gasteiger partial charge in [-0.25, -0.2) is 4.98 Å². The number of aromatic nitrogens is 1. The van der Waals surface area contributed by atoms with Crippen LogP contribution < -0.4 is 0 Å². The van der Waals surface area contributed by atoms with E-state index in [4.69, 9.17) is 0 Å². The van der Waals surface area contributed by atoms with Crippen LogP contribution in [-0.4, -0.2) is 53.4 Å². The molecule has 2 fully saturated rings. The van der Waals surface area contributed by atoms with E-state index in [1.807, 2.05) is 4.90 Å². The van der Waals surface area contributed by atoms with E-state index in [2.05, 4.69) is 23.7 Å². The van der Waals surface area contributed by atoms with Crippen molar-refractivity contribution in [1.29, 1.82) is 0 Å². The number of likely N-dealkylation sites (tertiary alicyclic amines) is 2. The molecule has 2 saturated heterocycles. The van der Waals surface area contributed by atoms with Gasteiger partial charge in [-0.15, -0.1) is 0 Å². The molecular formula is C18H26FN3O. The van der Waals surface area contributed by atoms with E-state index < -0.39 is 5.95 Å². The number of carbonyl (C=O) groups is 1. The molecule has 1 aromatic rings. The molecule has 0 spiro atoms.